The molecule has 0 aromatic carbocycles. The predicted octanol–water partition coefficient (Wildman–Crippen LogP) is 2.17. The van der Waals surface area contributed by atoms with Crippen LogP contribution in [0.4, 0.5) is 11.5 Å². The lowest BCUT2D eigenvalue weighted by Crippen LogP contribution is -2.16. The smallest absolute Gasteiger partial charge is 0.276 e. The molecular formula is C14H17N5O. The largest absolute Gasteiger partial charge is 0.369 e. The predicted molar refractivity (Wildman–Crippen MR) is 77.9 cm³/mol. The van der Waals surface area contributed by atoms with Crippen LogP contribution in [-0.2, 0) is 0 Å². The van der Waals surface area contributed by atoms with E-state index in [2.05, 4.69) is 25.6 Å². The Kier molecular flexibility index (Phi) is 4.24. The fraction of sp³-hybridized carbons (Fsp3) is 0.286. The molecule has 6 nitrogen and oxygen atoms in total. The molecule has 0 bridgehead atoms. The van der Waals surface area contributed by atoms with Crippen molar-refractivity contribution in [2.24, 2.45) is 0 Å². The minimum Gasteiger partial charge on any atom is -0.369 e. The van der Waals surface area contributed by atoms with E-state index in [1.807, 2.05) is 32.9 Å². The van der Waals surface area contributed by atoms with Crippen molar-refractivity contribution < 1.29 is 4.79 Å². The van der Waals surface area contributed by atoms with Crippen molar-refractivity contribution >= 4 is 17.4 Å². The van der Waals surface area contributed by atoms with E-state index in [1.54, 1.807) is 6.20 Å². The molecule has 2 aromatic rings. The molecule has 0 aliphatic carbocycles. The fourth-order valence-corrected chi connectivity index (χ4v) is 1.75. The Morgan fingerprint density at radius 3 is 2.70 bits per heavy atom. The zero-order chi connectivity index (χ0) is 14.5. The van der Waals surface area contributed by atoms with Gasteiger partial charge in [0, 0.05) is 12.2 Å². The van der Waals surface area contributed by atoms with E-state index in [0.29, 0.717) is 11.5 Å². The molecule has 0 fully saturated rings. The summed E-state index contributed by atoms with van der Waals surface area (Å²) in [6, 6.07) is 3.68. The lowest BCUT2D eigenvalue weighted by atomic mass is 10.2. The fourth-order valence-electron chi connectivity index (χ4n) is 1.75. The van der Waals surface area contributed by atoms with Gasteiger partial charge in [0.15, 0.2) is 0 Å². The first-order chi connectivity index (χ1) is 9.60. The molecule has 0 saturated carbocycles. The standard InChI is InChI=1S/C14H17N5O/c1-4-16-13-8-15-7-12(18-13)14(20)19-11-6-5-9(2)17-10(11)3/h5-8H,4H2,1-3H3,(H,16,18)(H,19,20). The molecule has 104 valence electrons. The van der Waals surface area contributed by atoms with Gasteiger partial charge in [0.1, 0.15) is 11.5 Å². The zero-order valence-electron chi connectivity index (χ0n) is 11.8. The molecule has 0 spiro atoms. The van der Waals surface area contributed by atoms with Crippen LogP contribution < -0.4 is 10.6 Å². The highest BCUT2D eigenvalue weighted by atomic mass is 16.1. The molecule has 0 aliphatic rings. The van der Waals surface area contributed by atoms with Crippen molar-refractivity contribution in [2.75, 3.05) is 17.2 Å². The van der Waals surface area contributed by atoms with Gasteiger partial charge >= 0.3 is 0 Å². The van der Waals surface area contributed by atoms with Crippen molar-refractivity contribution in [3.63, 3.8) is 0 Å². The van der Waals surface area contributed by atoms with Crippen molar-refractivity contribution in [3.05, 3.63) is 41.6 Å². The summed E-state index contributed by atoms with van der Waals surface area (Å²) >= 11 is 0. The second-order valence-electron chi connectivity index (χ2n) is 4.36. The van der Waals surface area contributed by atoms with Gasteiger partial charge in [-0.2, -0.15) is 0 Å². The first-order valence-electron chi connectivity index (χ1n) is 6.41. The zero-order valence-corrected chi connectivity index (χ0v) is 11.8. The molecule has 0 unspecified atom stereocenters. The third-order valence-electron chi connectivity index (χ3n) is 2.70. The van der Waals surface area contributed by atoms with E-state index in [4.69, 9.17) is 0 Å². The van der Waals surface area contributed by atoms with Crippen LogP contribution in [0.25, 0.3) is 0 Å². The van der Waals surface area contributed by atoms with E-state index in [-0.39, 0.29) is 11.6 Å². The van der Waals surface area contributed by atoms with E-state index >= 15 is 0 Å². The van der Waals surface area contributed by atoms with Gasteiger partial charge in [-0.25, -0.2) is 4.98 Å². The number of hydrogen-bond donors (Lipinski definition) is 2. The van der Waals surface area contributed by atoms with Crippen LogP contribution >= 0.6 is 0 Å². The summed E-state index contributed by atoms with van der Waals surface area (Å²) in [5.41, 5.74) is 2.63. The maximum absolute atomic E-state index is 12.1. The summed E-state index contributed by atoms with van der Waals surface area (Å²) in [5.74, 6) is 0.282. The average Bonchev–Trinajstić information content (AvgIpc) is 2.42. The van der Waals surface area contributed by atoms with Crippen LogP contribution in [0.1, 0.15) is 28.8 Å². The monoisotopic (exact) mass is 271 g/mol. The number of amides is 1. The Labute approximate surface area is 117 Å². The number of carbonyl (C=O) groups excluding carboxylic acids is 1. The van der Waals surface area contributed by atoms with Crippen molar-refractivity contribution in [3.8, 4) is 0 Å². The molecule has 20 heavy (non-hydrogen) atoms. The molecule has 6 heteroatoms. The number of anilines is 2. The molecular weight excluding hydrogens is 254 g/mol. The van der Waals surface area contributed by atoms with Gasteiger partial charge in [0.25, 0.3) is 5.91 Å². The third-order valence-corrected chi connectivity index (χ3v) is 2.70. The van der Waals surface area contributed by atoms with Gasteiger partial charge < -0.3 is 10.6 Å². The number of hydrogen-bond acceptors (Lipinski definition) is 5. The Bertz CT molecular complexity index is 627. The second-order valence-corrected chi connectivity index (χ2v) is 4.36. The lowest BCUT2D eigenvalue weighted by Gasteiger charge is -2.08. The summed E-state index contributed by atoms with van der Waals surface area (Å²) in [6.45, 7) is 6.43. The van der Waals surface area contributed by atoms with Crippen LogP contribution in [0.15, 0.2) is 24.5 Å². The minimum atomic E-state index is -0.300. The SMILES string of the molecule is CCNc1cncc(C(=O)Nc2ccc(C)nc2C)n1. The van der Waals surface area contributed by atoms with Gasteiger partial charge in [-0.15, -0.1) is 0 Å². The average molecular weight is 271 g/mol. The third kappa shape index (κ3) is 3.28. The Morgan fingerprint density at radius 1 is 1.20 bits per heavy atom. The highest BCUT2D eigenvalue weighted by Crippen LogP contribution is 2.14. The quantitative estimate of drug-likeness (QED) is 0.890. The van der Waals surface area contributed by atoms with Gasteiger partial charge in [0.05, 0.1) is 23.8 Å². The van der Waals surface area contributed by atoms with Crippen molar-refractivity contribution in [1.82, 2.24) is 15.0 Å². The lowest BCUT2D eigenvalue weighted by molar-refractivity contribution is 0.102. The Morgan fingerprint density at radius 2 is 2.00 bits per heavy atom. The maximum Gasteiger partial charge on any atom is 0.276 e. The molecule has 2 N–H and O–H groups in total. The number of nitrogens with zero attached hydrogens (tertiary/aromatic N) is 3. The van der Waals surface area contributed by atoms with Crippen LogP contribution in [-0.4, -0.2) is 27.4 Å². The van der Waals surface area contributed by atoms with Crippen molar-refractivity contribution in [2.45, 2.75) is 20.8 Å². The molecule has 0 aliphatic heterocycles. The van der Waals surface area contributed by atoms with Gasteiger partial charge in [-0.3, -0.25) is 14.8 Å². The summed E-state index contributed by atoms with van der Waals surface area (Å²) in [4.78, 5) is 24.6. The Balaban J connectivity index is 2.17. The molecule has 2 aromatic heterocycles. The summed E-state index contributed by atoms with van der Waals surface area (Å²) < 4.78 is 0. The summed E-state index contributed by atoms with van der Waals surface area (Å²) in [5, 5.41) is 5.81. The number of carbonyl (C=O) groups is 1. The summed E-state index contributed by atoms with van der Waals surface area (Å²) in [6.07, 6.45) is 3.02. The number of nitrogens with one attached hydrogen (secondary N) is 2. The van der Waals surface area contributed by atoms with Gasteiger partial charge in [0.2, 0.25) is 0 Å². The van der Waals surface area contributed by atoms with Gasteiger partial charge in [-0.1, -0.05) is 0 Å². The number of aryl methyl sites for hydroxylation is 2. The number of rotatable bonds is 4. The number of pyridine rings is 1. The molecule has 0 saturated heterocycles. The second kappa shape index (κ2) is 6.10. The Hall–Kier alpha value is -2.50. The normalized spacial score (nSPS) is 10.2. The van der Waals surface area contributed by atoms with Crippen LogP contribution in [0.5, 0.6) is 0 Å². The molecule has 0 radical (unpaired) electrons. The van der Waals surface area contributed by atoms with E-state index in [0.717, 1.165) is 17.9 Å². The molecule has 2 rings (SSSR count). The van der Waals surface area contributed by atoms with Crippen LogP contribution in [0, 0.1) is 13.8 Å². The highest BCUT2D eigenvalue weighted by Gasteiger charge is 2.11. The van der Waals surface area contributed by atoms with Crippen LogP contribution in [0.2, 0.25) is 0 Å². The van der Waals surface area contributed by atoms with Gasteiger partial charge in [-0.05, 0) is 32.9 Å². The summed E-state index contributed by atoms with van der Waals surface area (Å²) in [7, 11) is 0. The highest BCUT2D eigenvalue weighted by molar-refractivity contribution is 6.03. The molecule has 0 atom stereocenters. The minimum absolute atomic E-state index is 0.267. The van der Waals surface area contributed by atoms with E-state index < -0.39 is 0 Å². The van der Waals surface area contributed by atoms with Crippen molar-refractivity contribution in [1.29, 1.82) is 0 Å². The molecule has 2 heterocycles. The van der Waals surface area contributed by atoms with E-state index in [1.165, 1.54) is 6.20 Å². The first kappa shape index (κ1) is 13.9. The maximum atomic E-state index is 12.1. The molecule has 1 amide bonds. The van der Waals surface area contributed by atoms with E-state index in [9.17, 15) is 4.79 Å². The number of aromatic nitrogens is 3. The topological polar surface area (TPSA) is 79.8 Å². The first-order valence-corrected chi connectivity index (χ1v) is 6.41. The van der Waals surface area contributed by atoms with Crippen LogP contribution in [0.3, 0.4) is 0 Å².